The van der Waals surface area contributed by atoms with Crippen molar-refractivity contribution in [1.29, 1.82) is 0 Å². The molecular weight excluding hydrogens is 266 g/mol. The molecule has 106 valence electrons. The highest BCUT2D eigenvalue weighted by molar-refractivity contribution is 6.02. The number of amides is 4. The number of nitrogens with one attached hydrogen (secondary N) is 1. The Kier molecular flexibility index (Phi) is 3.05. The Morgan fingerprint density at radius 3 is 2.95 bits per heavy atom. The number of imide groups is 1. The van der Waals surface area contributed by atoms with E-state index in [1.165, 1.54) is 15.9 Å². The minimum absolute atomic E-state index is 0.0356. The second kappa shape index (κ2) is 4.87. The van der Waals surface area contributed by atoms with Crippen LogP contribution in [-0.4, -0.2) is 73.5 Å². The van der Waals surface area contributed by atoms with Gasteiger partial charge in [0.1, 0.15) is 12.9 Å². The molecule has 3 rings (SSSR count). The lowest BCUT2D eigenvalue weighted by Gasteiger charge is -2.21. The number of carbonyl (C=O) groups is 3. The third kappa shape index (κ3) is 2.19. The van der Waals surface area contributed by atoms with Gasteiger partial charge in [-0.05, 0) is 16.8 Å². The highest BCUT2D eigenvalue weighted by Gasteiger charge is 2.39. The molecule has 10 nitrogen and oxygen atoms in total. The molecule has 0 saturated carbocycles. The highest BCUT2D eigenvalue weighted by Crippen LogP contribution is 2.18. The maximum atomic E-state index is 12.0. The minimum Gasteiger partial charge on any atom is -0.339 e. The predicted octanol–water partition coefficient (Wildman–Crippen LogP) is -2.17. The summed E-state index contributed by atoms with van der Waals surface area (Å²) in [7, 11) is 0. The van der Waals surface area contributed by atoms with Crippen molar-refractivity contribution in [3.63, 3.8) is 0 Å². The molecule has 1 aromatic heterocycles. The lowest BCUT2D eigenvalue weighted by atomic mass is 10.2. The summed E-state index contributed by atoms with van der Waals surface area (Å²) >= 11 is 0. The van der Waals surface area contributed by atoms with Crippen LogP contribution in [0, 0.1) is 0 Å². The minimum atomic E-state index is -0.380. The summed E-state index contributed by atoms with van der Waals surface area (Å²) in [5.41, 5.74) is 0. The number of carbonyl (C=O) groups excluding carboxylic acids is 3. The fourth-order valence-corrected chi connectivity index (χ4v) is 2.47. The van der Waals surface area contributed by atoms with E-state index in [0.29, 0.717) is 19.5 Å². The fraction of sp³-hybridized carbons (Fsp3) is 0.600. The molecule has 0 bridgehead atoms. The van der Waals surface area contributed by atoms with E-state index in [-0.39, 0.29) is 37.0 Å². The SMILES string of the molecule is O=C(Cn1cnnn1)N1CCC(N2C(=O)CNC2=O)C1. The van der Waals surface area contributed by atoms with Gasteiger partial charge in [0.05, 0.1) is 12.6 Å². The van der Waals surface area contributed by atoms with Gasteiger partial charge in [0.25, 0.3) is 0 Å². The van der Waals surface area contributed by atoms with Crippen LogP contribution < -0.4 is 5.32 Å². The lowest BCUT2D eigenvalue weighted by Crippen LogP contribution is -2.43. The van der Waals surface area contributed by atoms with E-state index in [1.807, 2.05) is 0 Å². The van der Waals surface area contributed by atoms with Gasteiger partial charge < -0.3 is 10.2 Å². The molecule has 4 amide bonds. The van der Waals surface area contributed by atoms with Crippen molar-refractivity contribution in [2.45, 2.75) is 19.0 Å². The maximum Gasteiger partial charge on any atom is 0.324 e. The van der Waals surface area contributed by atoms with Crippen molar-refractivity contribution in [2.75, 3.05) is 19.6 Å². The number of tetrazole rings is 1. The Labute approximate surface area is 113 Å². The standard InChI is InChI=1S/C10H13N7O3/c18-8-3-11-10(20)17(8)7-1-2-15(4-7)9(19)5-16-6-12-13-14-16/h6-7H,1-5H2,(H,11,20). The van der Waals surface area contributed by atoms with Gasteiger partial charge in [0.2, 0.25) is 11.8 Å². The van der Waals surface area contributed by atoms with Crippen molar-refractivity contribution >= 4 is 17.8 Å². The smallest absolute Gasteiger partial charge is 0.324 e. The second-order valence-corrected chi connectivity index (χ2v) is 4.71. The van der Waals surface area contributed by atoms with Gasteiger partial charge in [-0.1, -0.05) is 0 Å². The maximum absolute atomic E-state index is 12.0. The van der Waals surface area contributed by atoms with Crippen LogP contribution in [-0.2, 0) is 16.1 Å². The van der Waals surface area contributed by atoms with Crippen LogP contribution in [0.15, 0.2) is 6.33 Å². The molecule has 2 aliphatic rings. The van der Waals surface area contributed by atoms with E-state index in [0.717, 1.165) is 0 Å². The largest absolute Gasteiger partial charge is 0.339 e. The Bertz CT molecular complexity index is 527. The number of likely N-dealkylation sites (tertiary alicyclic amines) is 1. The molecule has 1 atom stereocenters. The quantitative estimate of drug-likeness (QED) is 0.630. The zero-order valence-electron chi connectivity index (χ0n) is 10.6. The van der Waals surface area contributed by atoms with Crippen LogP contribution in [0.4, 0.5) is 4.79 Å². The van der Waals surface area contributed by atoms with Crippen LogP contribution in [0.3, 0.4) is 0 Å². The average Bonchev–Trinajstić information content (AvgIpc) is 3.11. The van der Waals surface area contributed by atoms with E-state index < -0.39 is 0 Å². The first-order chi connectivity index (χ1) is 9.65. The Morgan fingerprint density at radius 1 is 1.45 bits per heavy atom. The van der Waals surface area contributed by atoms with E-state index in [9.17, 15) is 14.4 Å². The van der Waals surface area contributed by atoms with E-state index in [4.69, 9.17) is 0 Å². The van der Waals surface area contributed by atoms with Gasteiger partial charge >= 0.3 is 6.03 Å². The molecule has 3 heterocycles. The van der Waals surface area contributed by atoms with Gasteiger partial charge in [0, 0.05) is 13.1 Å². The number of nitrogens with zero attached hydrogens (tertiary/aromatic N) is 6. The van der Waals surface area contributed by atoms with Crippen LogP contribution in [0.5, 0.6) is 0 Å². The van der Waals surface area contributed by atoms with Crippen molar-refractivity contribution in [2.24, 2.45) is 0 Å². The number of hydrogen-bond acceptors (Lipinski definition) is 6. The summed E-state index contributed by atoms with van der Waals surface area (Å²) in [6.45, 7) is 0.969. The van der Waals surface area contributed by atoms with Gasteiger partial charge in [-0.2, -0.15) is 0 Å². The molecule has 10 heteroatoms. The summed E-state index contributed by atoms with van der Waals surface area (Å²) < 4.78 is 1.34. The summed E-state index contributed by atoms with van der Waals surface area (Å²) in [6.07, 6.45) is 1.96. The van der Waals surface area contributed by atoms with Gasteiger partial charge in [-0.3, -0.25) is 14.5 Å². The van der Waals surface area contributed by atoms with Crippen molar-refractivity contribution in [3.05, 3.63) is 6.33 Å². The molecule has 1 N–H and O–H groups in total. The first-order valence-electron chi connectivity index (χ1n) is 6.23. The molecule has 20 heavy (non-hydrogen) atoms. The molecule has 0 aliphatic carbocycles. The molecular formula is C10H13N7O3. The third-order valence-electron chi connectivity index (χ3n) is 3.45. The normalized spacial score (nSPS) is 22.5. The van der Waals surface area contributed by atoms with Crippen molar-refractivity contribution in [3.8, 4) is 0 Å². The fourth-order valence-electron chi connectivity index (χ4n) is 2.47. The molecule has 0 radical (unpaired) electrons. The summed E-state index contributed by atoms with van der Waals surface area (Å²) in [5, 5.41) is 13.0. The van der Waals surface area contributed by atoms with Crippen LogP contribution in [0.1, 0.15) is 6.42 Å². The first kappa shape index (κ1) is 12.5. The number of urea groups is 1. The molecule has 0 aromatic carbocycles. The summed E-state index contributed by atoms with van der Waals surface area (Å²) in [4.78, 5) is 38.0. The van der Waals surface area contributed by atoms with Crippen LogP contribution >= 0.6 is 0 Å². The summed E-state index contributed by atoms with van der Waals surface area (Å²) in [6, 6.07) is -0.627. The highest BCUT2D eigenvalue weighted by atomic mass is 16.2. The zero-order valence-corrected chi connectivity index (χ0v) is 10.6. The van der Waals surface area contributed by atoms with Crippen molar-refractivity contribution < 1.29 is 14.4 Å². The van der Waals surface area contributed by atoms with Crippen LogP contribution in [0.25, 0.3) is 0 Å². The number of hydrogen-bond donors (Lipinski definition) is 1. The predicted molar refractivity (Wildman–Crippen MR) is 63.0 cm³/mol. The molecule has 1 unspecified atom stereocenters. The third-order valence-corrected chi connectivity index (χ3v) is 3.45. The van der Waals surface area contributed by atoms with E-state index in [1.54, 1.807) is 4.90 Å². The Morgan fingerprint density at radius 2 is 2.30 bits per heavy atom. The molecule has 2 aliphatic heterocycles. The molecule has 1 aromatic rings. The first-order valence-corrected chi connectivity index (χ1v) is 6.23. The topological polar surface area (TPSA) is 113 Å². The van der Waals surface area contributed by atoms with Crippen molar-refractivity contribution in [1.82, 2.24) is 35.3 Å². The monoisotopic (exact) mass is 279 g/mol. The molecule has 2 fully saturated rings. The zero-order chi connectivity index (χ0) is 14.1. The number of rotatable bonds is 3. The van der Waals surface area contributed by atoms with Gasteiger partial charge in [0.15, 0.2) is 0 Å². The summed E-state index contributed by atoms with van der Waals surface area (Å²) in [5.74, 6) is -0.373. The average molecular weight is 279 g/mol. The van der Waals surface area contributed by atoms with E-state index >= 15 is 0 Å². The lowest BCUT2D eigenvalue weighted by molar-refractivity contribution is -0.132. The number of aromatic nitrogens is 4. The Hall–Kier alpha value is -2.52. The van der Waals surface area contributed by atoms with Gasteiger partial charge in [-0.25, -0.2) is 9.48 Å². The molecule has 0 spiro atoms. The van der Waals surface area contributed by atoms with Gasteiger partial charge in [-0.15, -0.1) is 5.10 Å². The Balaban J connectivity index is 1.60. The second-order valence-electron chi connectivity index (χ2n) is 4.71. The van der Waals surface area contributed by atoms with E-state index in [2.05, 4.69) is 20.8 Å². The van der Waals surface area contributed by atoms with Crippen LogP contribution in [0.2, 0.25) is 0 Å². The molecule has 2 saturated heterocycles.